The Balaban J connectivity index is 1.71. The van der Waals surface area contributed by atoms with Crippen LogP contribution in [0.3, 0.4) is 0 Å². The molecule has 4 rings (SSSR count). The third-order valence-electron chi connectivity index (χ3n) is 6.84. The first-order valence-corrected chi connectivity index (χ1v) is 12.4. The third kappa shape index (κ3) is 5.98. The van der Waals surface area contributed by atoms with Crippen LogP contribution < -0.4 is 9.47 Å². The predicted molar refractivity (Wildman–Crippen MR) is 135 cm³/mol. The molecule has 0 bridgehead atoms. The Bertz CT molecular complexity index is 1260. The molecule has 11 heteroatoms. The normalized spacial score (nSPS) is 17.8. The number of nitrogens with one attached hydrogen (secondary N) is 1. The molecule has 2 atom stereocenters. The number of ether oxygens (including phenoxy) is 2. The molecule has 1 amide bonds. The van der Waals surface area contributed by atoms with E-state index < -0.39 is 37.6 Å². The number of carboxylic acid groups (broad SMARTS) is 1. The Morgan fingerprint density at radius 1 is 1.21 bits per heavy atom. The van der Waals surface area contributed by atoms with E-state index in [1.165, 1.54) is 12.0 Å². The highest BCUT2D eigenvalue weighted by Crippen LogP contribution is 2.45. The number of hydrogen-bond donors (Lipinski definition) is 2. The lowest BCUT2D eigenvalue weighted by molar-refractivity contribution is -0.155. The lowest BCUT2D eigenvalue weighted by Crippen LogP contribution is -2.47. The Morgan fingerprint density at radius 2 is 1.97 bits per heavy atom. The number of halogens is 4. The summed E-state index contributed by atoms with van der Waals surface area (Å²) in [5.74, 6) is 0.766. The van der Waals surface area contributed by atoms with Gasteiger partial charge in [-0.05, 0) is 49.6 Å². The first-order valence-electron chi connectivity index (χ1n) is 12.4. The van der Waals surface area contributed by atoms with Crippen molar-refractivity contribution in [3.05, 3.63) is 59.3 Å². The topological polar surface area (TPSA) is 78.0 Å². The summed E-state index contributed by atoms with van der Waals surface area (Å²) in [7, 11) is 1.46. The van der Waals surface area contributed by atoms with Crippen molar-refractivity contribution in [1.29, 1.82) is 0 Å². The number of fused-ring (bicyclic) bond motifs is 3. The summed E-state index contributed by atoms with van der Waals surface area (Å²) in [5, 5.41) is 10.3. The molecule has 38 heavy (non-hydrogen) atoms. The number of rotatable bonds is 10. The molecule has 1 aliphatic rings. The fraction of sp³-hybridized carbons (Fsp3) is 0.444. The van der Waals surface area contributed by atoms with Crippen molar-refractivity contribution in [2.45, 2.75) is 38.0 Å². The summed E-state index contributed by atoms with van der Waals surface area (Å²) < 4.78 is 65.1. The van der Waals surface area contributed by atoms with Gasteiger partial charge in [-0.15, -0.1) is 0 Å². The molecule has 0 saturated carbocycles. The Hall–Kier alpha value is -3.47. The van der Waals surface area contributed by atoms with Gasteiger partial charge in [-0.2, -0.15) is 13.2 Å². The molecule has 0 radical (unpaired) electrons. The molecular weight excluding hydrogens is 506 g/mol. The monoisotopic (exact) mass is 537 g/mol. The summed E-state index contributed by atoms with van der Waals surface area (Å²) in [6.07, 6.45) is -5.06. The average molecular weight is 538 g/mol. The maximum absolute atomic E-state index is 13.8. The summed E-state index contributed by atoms with van der Waals surface area (Å²) in [5.41, 5.74) is 2.99. The molecule has 0 fully saturated rings. The highest BCUT2D eigenvalue weighted by molar-refractivity contribution is 5.85. The van der Waals surface area contributed by atoms with Crippen molar-refractivity contribution in [2.75, 3.05) is 40.0 Å². The molecule has 0 unspecified atom stereocenters. The number of para-hydroxylation sites is 1. The fourth-order valence-electron chi connectivity index (χ4n) is 5.14. The molecular formula is C27H31F4N3O4. The van der Waals surface area contributed by atoms with Gasteiger partial charge in [-0.25, -0.2) is 4.79 Å². The highest BCUT2D eigenvalue weighted by atomic mass is 19.4. The van der Waals surface area contributed by atoms with Crippen molar-refractivity contribution < 1.29 is 36.9 Å². The quantitative estimate of drug-likeness (QED) is 0.320. The first kappa shape index (κ1) is 27.6. The smallest absolute Gasteiger partial charge is 0.407 e. The summed E-state index contributed by atoms with van der Waals surface area (Å²) >= 11 is 0. The highest BCUT2D eigenvalue weighted by Gasteiger charge is 2.42. The SMILES string of the molecule is COc1ccc(OCCN(CCCF)C(=O)O)cc1[C@@H]1c2[nH]c3ccccc3c2C[C@@H](C)N1CC(F)(F)F. The third-order valence-corrected chi connectivity index (χ3v) is 6.84. The molecule has 206 valence electrons. The lowest BCUT2D eigenvalue weighted by Gasteiger charge is -2.41. The maximum atomic E-state index is 13.8. The van der Waals surface area contributed by atoms with Crippen LogP contribution in [0.1, 0.15) is 36.2 Å². The van der Waals surface area contributed by atoms with Crippen molar-refractivity contribution in [3.8, 4) is 11.5 Å². The van der Waals surface area contributed by atoms with Gasteiger partial charge in [0.2, 0.25) is 0 Å². The summed E-state index contributed by atoms with van der Waals surface area (Å²) in [6, 6.07) is 11.3. The number of aromatic nitrogens is 1. The lowest BCUT2D eigenvalue weighted by atomic mass is 9.88. The van der Waals surface area contributed by atoms with E-state index in [1.807, 2.05) is 24.3 Å². The molecule has 0 aliphatic carbocycles. The second-order valence-electron chi connectivity index (χ2n) is 9.37. The second kappa shape index (κ2) is 11.5. The minimum absolute atomic E-state index is 0.00464. The maximum Gasteiger partial charge on any atom is 0.407 e. The van der Waals surface area contributed by atoms with Gasteiger partial charge in [0, 0.05) is 34.7 Å². The van der Waals surface area contributed by atoms with E-state index in [4.69, 9.17) is 9.47 Å². The van der Waals surface area contributed by atoms with Gasteiger partial charge < -0.3 is 24.5 Å². The van der Waals surface area contributed by atoms with Crippen LogP contribution in [0.5, 0.6) is 11.5 Å². The van der Waals surface area contributed by atoms with Crippen LogP contribution >= 0.6 is 0 Å². The minimum Gasteiger partial charge on any atom is -0.496 e. The zero-order valence-corrected chi connectivity index (χ0v) is 21.2. The molecule has 2 heterocycles. The fourth-order valence-corrected chi connectivity index (χ4v) is 5.14. The number of aromatic amines is 1. The summed E-state index contributed by atoms with van der Waals surface area (Å²) in [6.45, 7) is 0.103. The molecule has 0 saturated heterocycles. The van der Waals surface area contributed by atoms with E-state index in [0.717, 1.165) is 21.4 Å². The Kier molecular flexibility index (Phi) is 8.35. The van der Waals surface area contributed by atoms with E-state index >= 15 is 0 Å². The van der Waals surface area contributed by atoms with E-state index in [1.54, 1.807) is 25.1 Å². The summed E-state index contributed by atoms with van der Waals surface area (Å²) in [4.78, 5) is 17.2. The van der Waals surface area contributed by atoms with Gasteiger partial charge in [0.15, 0.2) is 0 Å². The van der Waals surface area contributed by atoms with Gasteiger partial charge in [-0.1, -0.05) is 18.2 Å². The number of hydrogen-bond acceptors (Lipinski definition) is 4. The van der Waals surface area contributed by atoms with Crippen molar-refractivity contribution >= 4 is 17.0 Å². The van der Waals surface area contributed by atoms with Crippen molar-refractivity contribution in [1.82, 2.24) is 14.8 Å². The van der Waals surface area contributed by atoms with Crippen LogP contribution in [0.15, 0.2) is 42.5 Å². The number of alkyl halides is 4. The van der Waals surface area contributed by atoms with E-state index in [9.17, 15) is 27.5 Å². The van der Waals surface area contributed by atoms with Gasteiger partial charge in [0.25, 0.3) is 0 Å². The number of nitrogens with zero attached hydrogens (tertiary/aromatic N) is 2. The second-order valence-corrected chi connectivity index (χ2v) is 9.37. The van der Waals surface area contributed by atoms with E-state index in [2.05, 4.69) is 4.98 Å². The molecule has 1 aromatic heterocycles. The van der Waals surface area contributed by atoms with Crippen LogP contribution in [0.2, 0.25) is 0 Å². The van der Waals surface area contributed by atoms with Gasteiger partial charge in [0.05, 0.1) is 32.9 Å². The standard InChI is InChI=1S/C27H31F4N3O4/c1-17-14-20-19-6-3-4-7-22(19)32-24(20)25(34(17)16-27(29,30)31)21-15-18(8-9-23(21)37-2)38-13-12-33(26(35)36)11-5-10-28/h3-4,6-9,15,17,25,32H,5,10-14,16H2,1-2H3,(H,35,36)/t17-,25-/m1/s1. The average Bonchev–Trinajstić information content (AvgIpc) is 3.23. The zero-order chi connectivity index (χ0) is 27.4. The van der Waals surface area contributed by atoms with Gasteiger partial charge in [0.1, 0.15) is 18.1 Å². The van der Waals surface area contributed by atoms with Crippen LogP contribution in [0.4, 0.5) is 22.4 Å². The predicted octanol–water partition coefficient (Wildman–Crippen LogP) is 5.79. The minimum atomic E-state index is -4.42. The van der Waals surface area contributed by atoms with Crippen LogP contribution in [-0.4, -0.2) is 78.2 Å². The molecule has 7 nitrogen and oxygen atoms in total. The molecule has 2 N–H and O–H groups in total. The molecule has 1 aliphatic heterocycles. The molecule has 3 aromatic rings. The number of methoxy groups -OCH3 is 1. The van der Waals surface area contributed by atoms with Crippen LogP contribution in [-0.2, 0) is 6.42 Å². The largest absolute Gasteiger partial charge is 0.496 e. The van der Waals surface area contributed by atoms with Crippen LogP contribution in [0.25, 0.3) is 10.9 Å². The van der Waals surface area contributed by atoms with E-state index in [-0.39, 0.29) is 26.1 Å². The zero-order valence-electron chi connectivity index (χ0n) is 21.2. The molecule has 2 aromatic carbocycles. The van der Waals surface area contributed by atoms with Crippen molar-refractivity contribution in [3.63, 3.8) is 0 Å². The van der Waals surface area contributed by atoms with Gasteiger partial charge in [-0.3, -0.25) is 9.29 Å². The van der Waals surface area contributed by atoms with E-state index in [0.29, 0.717) is 29.2 Å². The first-order chi connectivity index (χ1) is 18.1. The van der Waals surface area contributed by atoms with Crippen molar-refractivity contribution in [2.24, 2.45) is 0 Å². The number of carbonyl (C=O) groups is 1. The molecule has 0 spiro atoms. The van der Waals surface area contributed by atoms with Gasteiger partial charge >= 0.3 is 12.3 Å². The number of amides is 1. The number of H-pyrrole nitrogens is 1. The Labute approximate surface area is 217 Å². The Morgan fingerprint density at radius 3 is 2.66 bits per heavy atom. The van der Waals surface area contributed by atoms with Crippen LogP contribution in [0, 0.1) is 0 Å². The number of benzene rings is 2.